The normalized spacial score (nSPS) is 14.3. The SMILES string of the molecule is CCCCCCOCC1CCN(c2cnc(-c3ccc(CC(NC(=O)c4ccc(C(C)(C)C)cc4)C(=O)NCCC(=O)O)cc3)nc2)CC1. The fraction of sp³-hybridized carbons (Fsp3) is 0.513. The lowest BCUT2D eigenvalue weighted by molar-refractivity contribution is -0.137. The van der Waals surface area contributed by atoms with Crippen LogP contribution in [0.1, 0.15) is 94.1 Å². The van der Waals surface area contributed by atoms with E-state index in [9.17, 15) is 14.4 Å². The molecule has 0 spiro atoms. The summed E-state index contributed by atoms with van der Waals surface area (Å²) in [6, 6.07) is 14.0. The minimum Gasteiger partial charge on any atom is -0.481 e. The second-order valence-electron chi connectivity index (χ2n) is 14.0. The summed E-state index contributed by atoms with van der Waals surface area (Å²) in [4.78, 5) is 48.9. The molecule has 0 saturated carbocycles. The van der Waals surface area contributed by atoms with E-state index in [4.69, 9.17) is 9.84 Å². The summed E-state index contributed by atoms with van der Waals surface area (Å²) in [6.07, 6.45) is 10.9. The Labute approximate surface area is 291 Å². The van der Waals surface area contributed by atoms with Crippen LogP contribution in [-0.4, -0.2) is 71.7 Å². The number of carbonyl (C=O) groups is 3. The van der Waals surface area contributed by atoms with Crippen molar-refractivity contribution < 1.29 is 24.2 Å². The van der Waals surface area contributed by atoms with Gasteiger partial charge in [0.1, 0.15) is 6.04 Å². The van der Waals surface area contributed by atoms with E-state index in [0.717, 1.165) is 67.9 Å². The minimum absolute atomic E-state index is 0.0291. The van der Waals surface area contributed by atoms with Crippen molar-refractivity contribution in [3.05, 3.63) is 77.6 Å². The highest BCUT2D eigenvalue weighted by molar-refractivity contribution is 5.97. The number of carboxylic acid groups (broad SMARTS) is 1. The molecular formula is C39H53N5O5. The molecule has 1 aromatic heterocycles. The molecular weight excluding hydrogens is 618 g/mol. The number of rotatable bonds is 17. The zero-order valence-electron chi connectivity index (χ0n) is 29.5. The van der Waals surface area contributed by atoms with Crippen molar-refractivity contribution >= 4 is 23.5 Å². The molecule has 4 rings (SSSR count). The van der Waals surface area contributed by atoms with Crippen molar-refractivity contribution in [1.29, 1.82) is 0 Å². The Kier molecular flexibility index (Phi) is 14.1. The Morgan fingerprint density at radius 2 is 1.63 bits per heavy atom. The van der Waals surface area contributed by atoms with Gasteiger partial charge < -0.3 is 25.4 Å². The van der Waals surface area contributed by atoms with Crippen LogP contribution < -0.4 is 15.5 Å². The van der Waals surface area contributed by atoms with Gasteiger partial charge in [-0.25, -0.2) is 9.97 Å². The topological polar surface area (TPSA) is 134 Å². The molecule has 1 aliphatic heterocycles. The third-order valence-electron chi connectivity index (χ3n) is 9.04. The molecule has 10 nitrogen and oxygen atoms in total. The van der Waals surface area contributed by atoms with Gasteiger partial charge >= 0.3 is 5.97 Å². The van der Waals surface area contributed by atoms with Crippen LogP contribution in [-0.2, 0) is 26.2 Å². The van der Waals surface area contributed by atoms with Crippen molar-refractivity contribution in [2.24, 2.45) is 5.92 Å². The summed E-state index contributed by atoms with van der Waals surface area (Å²) in [6.45, 7) is 12.1. The molecule has 1 unspecified atom stereocenters. The van der Waals surface area contributed by atoms with Crippen molar-refractivity contribution in [2.75, 3.05) is 37.7 Å². The molecule has 2 aromatic carbocycles. The number of nitrogens with one attached hydrogen (secondary N) is 2. The largest absolute Gasteiger partial charge is 0.481 e. The van der Waals surface area contributed by atoms with Crippen LogP contribution in [0.15, 0.2) is 60.9 Å². The molecule has 2 amide bonds. The quantitative estimate of drug-likeness (QED) is 0.145. The Morgan fingerprint density at radius 1 is 0.959 bits per heavy atom. The number of unbranched alkanes of at least 4 members (excludes halogenated alkanes) is 3. The summed E-state index contributed by atoms with van der Waals surface area (Å²) in [5, 5.41) is 14.5. The van der Waals surface area contributed by atoms with E-state index in [1.807, 2.05) is 48.8 Å². The van der Waals surface area contributed by atoms with E-state index in [1.165, 1.54) is 19.3 Å². The van der Waals surface area contributed by atoms with Crippen LogP contribution in [0.5, 0.6) is 0 Å². The molecule has 2 heterocycles. The minimum atomic E-state index is -1.01. The monoisotopic (exact) mass is 671 g/mol. The Morgan fingerprint density at radius 3 is 2.24 bits per heavy atom. The molecule has 3 aromatic rings. The summed E-state index contributed by atoms with van der Waals surface area (Å²) in [5.74, 6) is -0.618. The van der Waals surface area contributed by atoms with E-state index in [1.54, 1.807) is 12.1 Å². The van der Waals surface area contributed by atoms with Gasteiger partial charge in [0.05, 0.1) is 24.5 Å². The maximum Gasteiger partial charge on any atom is 0.305 e. The van der Waals surface area contributed by atoms with Crippen LogP contribution in [0, 0.1) is 5.92 Å². The number of ether oxygens (including phenoxy) is 1. The molecule has 49 heavy (non-hydrogen) atoms. The van der Waals surface area contributed by atoms with Gasteiger partial charge in [0.25, 0.3) is 5.91 Å². The first kappa shape index (κ1) is 37.5. The summed E-state index contributed by atoms with van der Waals surface area (Å²) in [5.41, 5.74) is 4.17. The Balaban J connectivity index is 1.33. The number of aromatic nitrogens is 2. The zero-order valence-corrected chi connectivity index (χ0v) is 29.5. The molecule has 1 fully saturated rings. The molecule has 0 bridgehead atoms. The van der Waals surface area contributed by atoms with E-state index in [-0.39, 0.29) is 30.7 Å². The number of benzene rings is 2. The number of aliphatic carboxylic acids is 1. The number of carboxylic acids is 1. The lowest BCUT2D eigenvalue weighted by Gasteiger charge is -2.33. The van der Waals surface area contributed by atoms with Gasteiger partial charge in [-0.05, 0) is 53.9 Å². The van der Waals surface area contributed by atoms with Crippen LogP contribution >= 0.6 is 0 Å². The number of piperidine rings is 1. The maximum absolute atomic E-state index is 13.2. The average Bonchev–Trinajstić information content (AvgIpc) is 3.09. The first-order valence-electron chi connectivity index (χ1n) is 17.7. The standard InChI is InChI=1S/C39H53N5O5/c1-5-6-7-8-23-49-27-29-18-21-44(22-19-29)33-25-41-36(42-26-33)30-11-9-28(10-12-30)24-34(38(48)40-20-17-35(45)46)43-37(47)31-13-15-32(16-14-31)39(2,3)4/h9-16,25-26,29,34H,5-8,17-24,27H2,1-4H3,(H,40,48)(H,43,47)(H,45,46). The van der Waals surface area contributed by atoms with Gasteiger partial charge in [-0.15, -0.1) is 0 Å². The van der Waals surface area contributed by atoms with Gasteiger partial charge in [0.2, 0.25) is 5.91 Å². The maximum atomic E-state index is 13.2. The number of hydrogen-bond acceptors (Lipinski definition) is 7. The van der Waals surface area contributed by atoms with E-state index >= 15 is 0 Å². The number of carbonyl (C=O) groups excluding carboxylic acids is 2. The summed E-state index contributed by atoms with van der Waals surface area (Å²) in [7, 11) is 0. The van der Waals surface area contributed by atoms with Crippen molar-refractivity contribution in [3.8, 4) is 11.4 Å². The summed E-state index contributed by atoms with van der Waals surface area (Å²) < 4.78 is 5.94. The van der Waals surface area contributed by atoms with E-state index in [2.05, 4.69) is 53.2 Å². The van der Waals surface area contributed by atoms with Crippen LogP contribution in [0.4, 0.5) is 5.69 Å². The number of nitrogens with zero attached hydrogens (tertiary/aromatic N) is 3. The molecule has 10 heteroatoms. The molecule has 1 aliphatic rings. The van der Waals surface area contributed by atoms with Gasteiger partial charge in [0, 0.05) is 50.4 Å². The molecule has 3 N–H and O–H groups in total. The molecule has 264 valence electrons. The van der Waals surface area contributed by atoms with Gasteiger partial charge in [-0.3, -0.25) is 14.4 Å². The highest BCUT2D eigenvalue weighted by atomic mass is 16.5. The average molecular weight is 672 g/mol. The third kappa shape index (κ3) is 12.0. The van der Waals surface area contributed by atoms with Crippen LogP contribution in [0.25, 0.3) is 11.4 Å². The first-order valence-corrected chi connectivity index (χ1v) is 17.7. The third-order valence-corrected chi connectivity index (χ3v) is 9.04. The van der Waals surface area contributed by atoms with Gasteiger partial charge in [0.15, 0.2) is 5.82 Å². The fourth-order valence-corrected chi connectivity index (χ4v) is 5.89. The Hall–Kier alpha value is -4.31. The van der Waals surface area contributed by atoms with Crippen LogP contribution in [0.3, 0.4) is 0 Å². The Bertz CT molecular complexity index is 1480. The molecule has 0 aliphatic carbocycles. The second kappa shape index (κ2) is 18.5. The lowest BCUT2D eigenvalue weighted by Crippen LogP contribution is -2.48. The molecule has 1 atom stereocenters. The zero-order chi connectivity index (χ0) is 35.2. The predicted molar refractivity (Wildman–Crippen MR) is 193 cm³/mol. The number of anilines is 1. The lowest BCUT2D eigenvalue weighted by atomic mass is 9.86. The number of hydrogen-bond donors (Lipinski definition) is 3. The molecule has 1 saturated heterocycles. The highest BCUT2D eigenvalue weighted by Crippen LogP contribution is 2.25. The van der Waals surface area contributed by atoms with Crippen molar-refractivity contribution in [2.45, 2.75) is 90.5 Å². The van der Waals surface area contributed by atoms with Crippen molar-refractivity contribution in [1.82, 2.24) is 20.6 Å². The fourth-order valence-electron chi connectivity index (χ4n) is 5.89. The summed E-state index contributed by atoms with van der Waals surface area (Å²) >= 11 is 0. The van der Waals surface area contributed by atoms with Crippen molar-refractivity contribution in [3.63, 3.8) is 0 Å². The molecule has 0 radical (unpaired) electrons. The second-order valence-corrected chi connectivity index (χ2v) is 14.0. The van der Waals surface area contributed by atoms with Gasteiger partial charge in [-0.2, -0.15) is 0 Å². The predicted octanol–water partition coefficient (Wildman–Crippen LogP) is 6.19. The number of amides is 2. The van der Waals surface area contributed by atoms with Crippen LogP contribution in [0.2, 0.25) is 0 Å². The highest BCUT2D eigenvalue weighted by Gasteiger charge is 2.23. The smallest absolute Gasteiger partial charge is 0.305 e. The van der Waals surface area contributed by atoms with Gasteiger partial charge in [-0.1, -0.05) is 83.4 Å². The first-order chi connectivity index (χ1) is 23.5. The van der Waals surface area contributed by atoms with E-state index in [0.29, 0.717) is 17.3 Å². The van der Waals surface area contributed by atoms with E-state index < -0.39 is 17.9 Å².